The highest BCUT2D eigenvalue weighted by Gasteiger charge is 2.11. The first-order chi connectivity index (χ1) is 12.5. The molecule has 2 aromatic carbocycles. The van der Waals surface area contributed by atoms with Gasteiger partial charge in [0.25, 0.3) is 0 Å². The van der Waals surface area contributed by atoms with Crippen molar-refractivity contribution in [2.45, 2.75) is 6.92 Å². The van der Waals surface area contributed by atoms with Gasteiger partial charge in [-0.05, 0) is 37.3 Å². The molecule has 8 heteroatoms. The van der Waals surface area contributed by atoms with Gasteiger partial charge in [0.05, 0.1) is 12.1 Å². The number of benzene rings is 2. The number of nitrogens with one attached hydrogen (secondary N) is 2. The fraction of sp³-hybridized carbons (Fsp3) is 0.111. The van der Waals surface area contributed by atoms with E-state index < -0.39 is 11.6 Å². The normalized spacial score (nSPS) is 10.5. The second-order valence-electron chi connectivity index (χ2n) is 5.41. The van der Waals surface area contributed by atoms with E-state index in [2.05, 4.69) is 20.6 Å². The van der Waals surface area contributed by atoms with Crippen molar-refractivity contribution in [1.82, 2.24) is 9.97 Å². The van der Waals surface area contributed by atoms with E-state index in [1.165, 1.54) is 13.2 Å². The van der Waals surface area contributed by atoms with Gasteiger partial charge >= 0.3 is 0 Å². The van der Waals surface area contributed by atoms with E-state index in [9.17, 15) is 8.78 Å². The van der Waals surface area contributed by atoms with Gasteiger partial charge in [-0.2, -0.15) is 4.98 Å². The summed E-state index contributed by atoms with van der Waals surface area (Å²) >= 11 is 6.11. The van der Waals surface area contributed by atoms with Gasteiger partial charge in [0, 0.05) is 17.4 Å². The smallest absolute Gasteiger partial charge is 0.229 e. The number of methoxy groups -OCH3 is 1. The van der Waals surface area contributed by atoms with Crippen molar-refractivity contribution in [2.24, 2.45) is 0 Å². The van der Waals surface area contributed by atoms with E-state index >= 15 is 0 Å². The third-order valence-electron chi connectivity index (χ3n) is 3.48. The zero-order valence-corrected chi connectivity index (χ0v) is 14.7. The average Bonchev–Trinajstić information content (AvgIpc) is 2.58. The van der Waals surface area contributed by atoms with Gasteiger partial charge in [-0.3, -0.25) is 0 Å². The highest BCUT2D eigenvalue weighted by atomic mass is 35.5. The molecule has 134 valence electrons. The van der Waals surface area contributed by atoms with Gasteiger partial charge in [-0.1, -0.05) is 17.7 Å². The summed E-state index contributed by atoms with van der Waals surface area (Å²) in [5.74, 6) is -0.402. The molecule has 0 radical (unpaired) electrons. The summed E-state index contributed by atoms with van der Waals surface area (Å²) in [5.41, 5.74) is 0.981. The summed E-state index contributed by atoms with van der Waals surface area (Å²) in [6, 6.07) is 10.5. The van der Waals surface area contributed by atoms with Crippen molar-refractivity contribution < 1.29 is 13.5 Å². The number of ether oxygens (including phenoxy) is 1. The van der Waals surface area contributed by atoms with Crippen LogP contribution in [0, 0.1) is 18.6 Å². The van der Waals surface area contributed by atoms with Crippen LogP contribution in [0.4, 0.5) is 31.9 Å². The van der Waals surface area contributed by atoms with Crippen LogP contribution in [0.1, 0.15) is 5.69 Å². The molecule has 0 aliphatic heterocycles. The third-order valence-corrected chi connectivity index (χ3v) is 3.77. The van der Waals surface area contributed by atoms with Gasteiger partial charge in [-0.15, -0.1) is 0 Å². The first kappa shape index (κ1) is 17.9. The minimum Gasteiger partial charge on any atom is -0.495 e. The molecule has 0 saturated carbocycles. The van der Waals surface area contributed by atoms with Crippen molar-refractivity contribution >= 4 is 34.7 Å². The van der Waals surface area contributed by atoms with Crippen molar-refractivity contribution in [3.63, 3.8) is 0 Å². The number of para-hydroxylation sites is 1. The lowest BCUT2D eigenvalue weighted by Gasteiger charge is -2.12. The van der Waals surface area contributed by atoms with Gasteiger partial charge in [0.2, 0.25) is 5.95 Å². The average molecular weight is 377 g/mol. The molecule has 2 N–H and O–H groups in total. The predicted molar refractivity (Wildman–Crippen MR) is 97.7 cm³/mol. The van der Waals surface area contributed by atoms with Crippen LogP contribution in [0.2, 0.25) is 5.02 Å². The largest absolute Gasteiger partial charge is 0.495 e. The molecular formula is C18H15ClF2N4O. The Morgan fingerprint density at radius 1 is 1.00 bits per heavy atom. The molecule has 0 atom stereocenters. The van der Waals surface area contributed by atoms with Crippen molar-refractivity contribution in [1.29, 1.82) is 0 Å². The molecule has 3 aromatic rings. The lowest BCUT2D eigenvalue weighted by atomic mass is 10.3. The molecule has 3 rings (SSSR count). The lowest BCUT2D eigenvalue weighted by Crippen LogP contribution is -2.05. The summed E-state index contributed by atoms with van der Waals surface area (Å²) in [5, 5.41) is 6.09. The van der Waals surface area contributed by atoms with Crippen LogP contribution < -0.4 is 15.4 Å². The molecule has 0 aliphatic carbocycles. The maximum atomic E-state index is 13.8. The minimum absolute atomic E-state index is 0.0658. The first-order valence-corrected chi connectivity index (χ1v) is 8.01. The van der Waals surface area contributed by atoms with E-state index in [-0.39, 0.29) is 11.6 Å². The number of aryl methyl sites for hydroxylation is 1. The second-order valence-corrected chi connectivity index (χ2v) is 5.82. The Hall–Kier alpha value is -2.93. The molecule has 1 aromatic heterocycles. The van der Waals surface area contributed by atoms with Crippen LogP contribution in [-0.2, 0) is 0 Å². The number of aromatic nitrogens is 2. The maximum Gasteiger partial charge on any atom is 0.229 e. The Balaban J connectivity index is 1.87. The van der Waals surface area contributed by atoms with E-state index in [4.69, 9.17) is 16.3 Å². The Morgan fingerprint density at radius 2 is 1.73 bits per heavy atom. The SMILES string of the molecule is COc1ccc(Nc2cc(C)nc(Nc3c(F)cccc3F)n2)cc1Cl. The van der Waals surface area contributed by atoms with Crippen molar-refractivity contribution in [3.8, 4) is 5.75 Å². The molecule has 1 heterocycles. The molecule has 0 aliphatic rings. The molecule has 0 bridgehead atoms. The topological polar surface area (TPSA) is 59.1 Å². The molecule has 26 heavy (non-hydrogen) atoms. The van der Waals surface area contributed by atoms with Crippen LogP contribution >= 0.6 is 11.6 Å². The van der Waals surface area contributed by atoms with E-state index in [1.54, 1.807) is 31.2 Å². The first-order valence-electron chi connectivity index (χ1n) is 7.63. The molecule has 0 spiro atoms. The monoisotopic (exact) mass is 376 g/mol. The van der Waals surface area contributed by atoms with E-state index in [0.717, 1.165) is 12.1 Å². The predicted octanol–water partition coefficient (Wildman–Crippen LogP) is 5.21. The van der Waals surface area contributed by atoms with Gasteiger partial charge < -0.3 is 15.4 Å². The maximum absolute atomic E-state index is 13.8. The van der Waals surface area contributed by atoms with Crippen LogP contribution in [-0.4, -0.2) is 17.1 Å². The lowest BCUT2D eigenvalue weighted by molar-refractivity contribution is 0.415. The van der Waals surface area contributed by atoms with E-state index in [1.807, 2.05) is 0 Å². The summed E-state index contributed by atoms with van der Waals surface area (Å²) < 4.78 is 32.7. The molecular weight excluding hydrogens is 362 g/mol. The standard InChI is InChI=1S/C18H15ClF2N4O/c1-10-8-16(23-11-6-7-15(26-2)12(19)9-11)24-18(22-10)25-17-13(20)4-3-5-14(17)21/h3-9H,1-2H3,(H2,22,23,24,25). The Morgan fingerprint density at radius 3 is 2.38 bits per heavy atom. The van der Waals surface area contributed by atoms with Crippen molar-refractivity contribution in [2.75, 3.05) is 17.7 Å². The molecule has 0 fully saturated rings. The highest BCUT2D eigenvalue weighted by molar-refractivity contribution is 6.32. The number of halogens is 3. The van der Waals surface area contributed by atoms with Gasteiger partial charge in [0.15, 0.2) is 0 Å². The quantitative estimate of drug-likeness (QED) is 0.640. The summed E-state index contributed by atoms with van der Waals surface area (Å²) in [7, 11) is 1.53. The zero-order valence-electron chi connectivity index (χ0n) is 14.0. The Kier molecular flexibility index (Phi) is 5.18. The van der Waals surface area contributed by atoms with Crippen LogP contribution in [0.25, 0.3) is 0 Å². The number of rotatable bonds is 5. The van der Waals surface area contributed by atoms with Crippen LogP contribution in [0.15, 0.2) is 42.5 Å². The number of hydrogen-bond donors (Lipinski definition) is 2. The summed E-state index contributed by atoms with van der Waals surface area (Å²) in [4.78, 5) is 8.39. The minimum atomic E-state index is -0.730. The second kappa shape index (κ2) is 7.53. The molecule has 5 nitrogen and oxygen atoms in total. The molecule has 0 unspecified atom stereocenters. The Labute approximate surface area is 154 Å². The number of hydrogen-bond acceptors (Lipinski definition) is 5. The highest BCUT2D eigenvalue weighted by Crippen LogP contribution is 2.29. The van der Waals surface area contributed by atoms with Crippen molar-refractivity contribution in [3.05, 3.63) is 64.8 Å². The van der Waals surface area contributed by atoms with Crippen LogP contribution in [0.3, 0.4) is 0 Å². The molecule has 0 saturated heterocycles. The fourth-order valence-corrected chi connectivity index (χ4v) is 2.57. The summed E-state index contributed by atoms with van der Waals surface area (Å²) in [6.45, 7) is 1.75. The Bertz CT molecular complexity index is 932. The van der Waals surface area contributed by atoms with Gasteiger partial charge in [-0.25, -0.2) is 13.8 Å². The van der Waals surface area contributed by atoms with Crippen LogP contribution in [0.5, 0.6) is 5.75 Å². The fourth-order valence-electron chi connectivity index (χ4n) is 2.31. The number of nitrogens with zero attached hydrogens (tertiary/aromatic N) is 2. The van der Waals surface area contributed by atoms with E-state index in [0.29, 0.717) is 28.0 Å². The van der Waals surface area contributed by atoms with Gasteiger partial charge in [0.1, 0.15) is 28.9 Å². The number of anilines is 4. The third kappa shape index (κ3) is 4.00. The zero-order chi connectivity index (χ0) is 18.7. The molecule has 0 amide bonds. The summed E-state index contributed by atoms with van der Waals surface area (Å²) in [6.07, 6.45) is 0.